The molecular weight excluding hydrogens is 304 g/mol. The van der Waals surface area contributed by atoms with Gasteiger partial charge in [-0.05, 0) is 24.3 Å². The van der Waals surface area contributed by atoms with E-state index >= 15 is 0 Å². The average molecular weight is 323 g/mol. The molecule has 2 aromatic carbocycles. The third-order valence-corrected chi connectivity index (χ3v) is 3.48. The molecule has 122 valence electrons. The Morgan fingerprint density at radius 1 is 1.17 bits per heavy atom. The molecule has 0 aliphatic carbocycles. The van der Waals surface area contributed by atoms with Crippen LogP contribution in [-0.2, 0) is 18.6 Å². The van der Waals surface area contributed by atoms with E-state index in [2.05, 4.69) is 10.5 Å². The molecule has 3 aromatic rings. The minimum Gasteiger partial charge on any atom is -0.452 e. The lowest BCUT2D eigenvalue weighted by molar-refractivity contribution is -0.779. The van der Waals surface area contributed by atoms with Crippen LogP contribution in [0.25, 0.3) is 11.3 Å². The Kier molecular flexibility index (Phi) is 4.56. The number of carbonyl (C=O) groups is 1. The van der Waals surface area contributed by atoms with Gasteiger partial charge in [0.05, 0.1) is 5.21 Å². The predicted octanol–water partition coefficient (Wildman–Crippen LogP) is 2.37. The highest BCUT2D eigenvalue weighted by Gasteiger charge is 2.14. The number of amides is 1. The van der Waals surface area contributed by atoms with Crippen molar-refractivity contribution >= 4 is 11.6 Å². The molecule has 6 heteroatoms. The summed E-state index contributed by atoms with van der Waals surface area (Å²) in [6.07, 6.45) is 1.95. The first-order valence-electron chi connectivity index (χ1n) is 7.61. The molecular formula is C18H19N4O2+. The molecule has 1 aromatic heterocycles. The third kappa shape index (κ3) is 3.78. The van der Waals surface area contributed by atoms with Gasteiger partial charge in [-0.3, -0.25) is 4.79 Å². The highest BCUT2D eigenvalue weighted by Crippen LogP contribution is 2.17. The minimum atomic E-state index is -0.0962. The van der Waals surface area contributed by atoms with Crippen LogP contribution in [0, 0.1) is 0 Å². The number of ether oxygens (including phenoxy) is 1. The summed E-state index contributed by atoms with van der Waals surface area (Å²) >= 11 is 0. The number of nitrogens with zero attached hydrogens (tertiary/aromatic N) is 3. The van der Waals surface area contributed by atoms with Crippen molar-refractivity contribution in [1.29, 1.82) is 0 Å². The topological polar surface area (TPSA) is 60.0 Å². The van der Waals surface area contributed by atoms with Crippen molar-refractivity contribution in [1.82, 2.24) is 9.90 Å². The summed E-state index contributed by atoms with van der Waals surface area (Å²) in [7, 11) is 1.90. The van der Waals surface area contributed by atoms with E-state index in [9.17, 15) is 4.79 Å². The van der Waals surface area contributed by atoms with E-state index in [0.29, 0.717) is 12.5 Å². The molecule has 0 aliphatic heterocycles. The monoisotopic (exact) mass is 323 g/mol. The van der Waals surface area contributed by atoms with Crippen LogP contribution >= 0.6 is 0 Å². The molecule has 0 saturated heterocycles. The zero-order valence-electron chi connectivity index (χ0n) is 13.6. The van der Waals surface area contributed by atoms with E-state index < -0.39 is 0 Å². The van der Waals surface area contributed by atoms with E-state index in [1.54, 1.807) is 16.8 Å². The summed E-state index contributed by atoms with van der Waals surface area (Å²) in [6.45, 7) is 1.78. The SMILES string of the molecule is CC(=O)Nc1ccc(OC[n+]2cc(-c3ccccc3)n(C)n2)cc1. The van der Waals surface area contributed by atoms with Crippen molar-refractivity contribution in [2.75, 3.05) is 5.32 Å². The van der Waals surface area contributed by atoms with Crippen molar-refractivity contribution < 1.29 is 14.2 Å². The Morgan fingerprint density at radius 2 is 1.88 bits per heavy atom. The standard InChI is InChI=1S/C18H18N4O2/c1-14(23)19-16-8-10-17(11-9-16)24-13-22-12-18(21(2)20-22)15-6-4-3-5-7-15/h3-12H,13H2,1-2H3/p+1. The molecule has 3 rings (SSSR count). The Bertz CT molecular complexity index is 826. The predicted molar refractivity (Wildman–Crippen MR) is 90.2 cm³/mol. The molecule has 1 amide bonds. The van der Waals surface area contributed by atoms with Gasteiger partial charge in [0.1, 0.15) is 12.8 Å². The Hall–Kier alpha value is -3.15. The Labute approximate surface area is 140 Å². The highest BCUT2D eigenvalue weighted by molar-refractivity contribution is 5.88. The van der Waals surface area contributed by atoms with Gasteiger partial charge in [0.2, 0.25) is 5.91 Å². The van der Waals surface area contributed by atoms with Crippen LogP contribution in [0.3, 0.4) is 0 Å². The van der Waals surface area contributed by atoms with Gasteiger partial charge >= 0.3 is 0 Å². The molecule has 0 radical (unpaired) electrons. The van der Waals surface area contributed by atoms with Crippen LogP contribution in [0.4, 0.5) is 5.69 Å². The number of hydrogen-bond acceptors (Lipinski definition) is 3. The van der Waals surface area contributed by atoms with Crippen LogP contribution in [-0.4, -0.2) is 15.8 Å². The zero-order valence-corrected chi connectivity index (χ0v) is 13.6. The van der Waals surface area contributed by atoms with Gasteiger partial charge in [-0.25, -0.2) is 0 Å². The normalized spacial score (nSPS) is 10.4. The molecule has 0 spiro atoms. The van der Waals surface area contributed by atoms with Gasteiger partial charge in [-0.1, -0.05) is 30.3 Å². The van der Waals surface area contributed by atoms with Crippen LogP contribution in [0.5, 0.6) is 5.75 Å². The summed E-state index contributed by atoms with van der Waals surface area (Å²) in [5.74, 6) is 0.615. The van der Waals surface area contributed by atoms with Crippen LogP contribution in [0.15, 0.2) is 60.8 Å². The van der Waals surface area contributed by atoms with E-state index in [1.807, 2.05) is 60.4 Å². The van der Waals surface area contributed by atoms with Gasteiger partial charge in [-0.2, -0.15) is 0 Å². The van der Waals surface area contributed by atoms with E-state index in [4.69, 9.17) is 4.74 Å². The molecule has 1 N–H and O–H groups in total. The maximum Gasteiger partial charge on any atom is 0.253 e. The van der Waals surface area contributed by atoms with Crippen LogP contribution in [0.2, 0.25) is 0 Å². The first-order chi connectivity index (χ1) is 11.6. The maximum atomic E-state index is 11.0. The van der Waals surface area contributed by atoms with E-state index in [1.165, 1.54) is 6.92 Å². The molecule has 6 nitrogen and oxygen atoms in total. The van der Waals surface area contributed by atoms with E-state index in [0.717, 1.165) is 16.9 Å². The number of carbonyl (C=O) groups excluding carboxylic acids is 1. The van der Waals surface area contributed by atoms with Crippen molar-refractivity contribution in [3.8, 4) is 17.0 Å². The molecule has 1 heterocycles. The van der Waals surface area contributed by atoms with Gasteiger partial charge in [-0.15, -0.1) is 9.36 Å². The number of aromatic nitrogens is 3. The summed E-state index contributed by atoms with van der Waals surface area (Å²) in [5.41, 5.74) is 2.86. The van der Waals surface area contributed by atoms with Crippen molar-refractivity contribution in [2.24, 2.45) is 7.05 Å². The molecule has 0 saturated carbocycles. The second-order valence-corrected chi connectivity index (χ2v) is 5.41. The number of aryl methyl sites for hydroxylation is 1. The number of rotatable bonds is 5. The lowest BCUT2D eigenvalue weighted by Gasteiger charge is -2.04. The second-order valence-electron chi connectivity index (χ2n) is 5.41. The lowest BCUT2D eigenvalue weighted by atomic mass is 10.2. The zero-order chi connectivity index (χ0) is 16.9. The largest absolute Gasteiger partial charge is 0.452 e. The Morgan fingerprint density at radius 3 is 2.54 bits per heavy atom. The van der Waals surface area contributed by atoms with Crippen molar-refractivity contribution in [2.45, 2.75) is 13.7 Å². The smallest absolute Gasteiger partial charge is 0.253 e. The van der Waals surface area contributed by atoms with Gasteiger partial charge in [0.25, 0.3) is 6.73 Å². The van der Waals surface area contributed by atoms with Crippen LogP contribution < -0.4 is 14.7 Å². The fraction of sp³-hybridized carbons (Fsp3) is 0.167. The average Bonchev–Trinajstić information content (AvgIpc) is 2.95. The number of nitrogens with one attached hydrogen (secondary N) is 1. The van der Waals surface area contributed by atoms with Gasteiger partial charge in [0.15, 0.2) is 11.9 Å². The summed E-state index contributed by atoms with van der Waals surface area (Å²) < 4.78 is 9.29. The quantitative estimate of drug-likeness (QED) is 0.733. The van der Waals surface area contributed by atoms with Crippen molar-refractivity contribution in [3.05, 3.63) is 60.8 Å². The summed E-state index contributed by atoms with van der Waals surface area (Å²) in [5, 5.41) is 7.13. The number of hydrogen-bond donors (Lipinski definition) is 1. The second kappa shape index (κ2) is 6.95. The fourth-order valence-corrected chi connectivity index (χ4v) is 2.38. The fourth-order valence-electron chi connectivity index (χ4n) is 2.38. The molecule has 0 fully saturated rings. The molecule has 0 unspecified atom stereocenters. The van der Waals surface area contributed by atoms with Crippen LogP contribution in [0.1, 0.15) is 6.92 Å². The number of benzene rings is 2. The minimum absolute atomic E-state index is 0.0962. The Balaban J connectivity index is 1.66. The van der Waals surface area contributed by atoms with Gasteiger partial charge in [0, 0.05) is 18.2 Å². The first kappa shape index (κ1) is 15.7. The third-order valence-electron chi connectivity index (χ3n) is 3.48. The summed E-state index contributed by atoms with van der Waals surface area (Å²) in [6, 6.07) is 17.3. The first-order valence-corrected chi connectivity index (χ1v) is 7.61. The molecule has 0 aliphatic rings. The van der Waals surface area contributed by atoms with E-state index in [-0.39, 0.29) is 5.91 Å². The molecule has 0 bridgehead atoms. The lowest BCUT2D eigenvalue weighted by Crippen LogP contribution is -2.38. The molecule has 0 atom stereocenters. The van der Waals surface area contributed by atoms with Crippen molar-refractivity contribution in [3.63, 3.8) is 0 Å². The number of anilines is 1. The summed E-state index contributed by atoms with van der Waals surface area (Å²) in [4.78, 5) is 11.0. The molecule has 24 heavy (non-hydrogen) atoms. The highest BCUT2D eigenvalue weighted by atomic mass is 16.5. The van der Waals surface area contributed by atoms with Gasteiger partial charge < -0.3 is 10.1 Å². The maximum absolute atomic E-state index is 11.0.